The molecule has 0 aromatic carbocycles. The van der Waals surface area contributed by atoms with Crippen LogP contribution in [0.15, 0.2) is 15.8 Å². The molecule has 1 fully saturated rings. The van der Waals surface area contributed by atoms with Gasteiger partial charge in [-0.1, -0.05) is 11.8 Å². The van der Waals surface area contributed by atoms with Crippen molar-refractivity contribution in [3.8, 4) is 11.8 Å². The summed E-state index contributed by atoms with van der Waals surface area (Å²) < 4.78 is 6.52. The lowest BCUT2D eigenvalue weighted by molar-refractivity contribution is -0.0459. The number of nitrogens with one attached hydrogen (secondary N) is 1. The van der Waals surface area contributed by atoms with Gasteiger partial charge in [0.25, 0.3) is 5.56 Å². The van der Waals surface area contributed by atoms with Crippen LogP contribution in [0.5, 0.6) is 0 Å². The number of hydrogen-bond acceptors (Lipinski definition) is 6. The Labute approximate surface area is 119 Å². The first-order valence-corrected chi connectivity index (χ1v) is 6.59. The minimum Gasteiger partial charge on any atom is -0.394 e. The molecule has 0 saturated carbocycles. The van der Waals surface area contributed by atoms with Gasteiger partial charge in [-0.3, -0.25) is 14.3 Å². The number of aliphatic hydroxyl groups is 2. The molecule has 3 atom stereocenters. The molecule has 108 valence electrons. The largest absolute Gasteiger partial charge is 0.394 e. The van der Waals surface area contributed by atoms with E-state index in [-0.39, 0.29) is 24.3 Å². The minimum absolute atomic E-state index is 0.115. The van der Waals surface area contributed by atoms with Gasteiger partial charge in [0.15, 0.2) is 0 Å². The van der Waals surface area contributed by atoms with Gasteiger partial charge in [0, 0.05) is 12.6 Å². The third-order valence-corrected chi connectivity index (χ3v) is 3.12. The zero-order valence-corrected chi connectivity index (χ0v) is 11.3. The Morgan fingerprint density at radius 1 is 1.55 bits per heavy atom. The minimum atomic E-state index is -0.865. The lowest BCUT2D eigenvalue weighted by atomic mass is 10.2. The molecule has 1 aromatic rings. The molecule has 20 heavy (non-hydrogen) atoms. The summed E-state index contributed by atoms with van der Waals surface area (Å²) in [6, 6.07) is 0. The maximum absolute atomic E-state index is 11.8. The Kier molecular flexibility index (Phi) is 4.67. The summed E-state index contributed by atoms with van der Waals surface area (Å²) in [5.74, 6) is 5.49. The van der Waals surface area contributed by atoms with Gasteiger partial charge < -0.3 is 14.9 Å². The van der Waals surface area contributed by atoms with Crippen molar-refractivity contribution in [2.75, 3.05) is 12.4 Å². The van der Waals surface area contributed by atoms with E-state index in [1.165, 1.54) is 6.20 Å². The van der Waals surface area contributed by atoms with Gasteiger partial charge in [0.1, 0.15) is 17.9 Å². The van der Waals surface area contributed by atoms with E-state index in [9.17, 15) is 14.7 Å². The second kappa shape index (κ2) is 6.28. The predicted octanol–water partition coefficient (Wildman–Crippen LogP) is -1.54. The quantitative estimate of drug-likeness (QED) is 0.391. The summed E-state index contributed by atoms with van der Waals surface area (Å²) in [5, 5.41) is 18.7. The molecule has 8 heteroatoms. The molecule has 2 heterocycles. The van der Waals surface area contributed by atoms with Crippen LogP contribution in [0.1, 0.15) is 18.2 Å². The Morgan fingerprint density at radius 3 is 2.90 bits per heavy atom. The first-order chi connectivity index (χ1) is 9.56. The lowest BCUT2D eigenvalue weighted by Crippen LogP contribution is -2.33. The van der Waals surface area contributed by atoms with Crippen LogP contribution in [0.25, 0.3) is 0 Å². The van der Waals surface area contributed by atoms with Crippen LogP contribution >= 0.6 is 12.6 Å². The van der Waals surface area contributed by atoms with Crippen molar-refractivity contribution in [1.29, 1.82) is 0 Å². The summed E-state index contributed by atoms with van der Waals surface area (Å²) >= 11 is 3.91. The van der Waals surface area contributed by atoms with Crippen LogP contribution in [-0.4, -0.2) is 44.3 Å². The van der Waals surface area contributed by atoms with Crippen molar-refractivity contribution in [2.24, 2.45) is 0 Å². The van der Waals surface area contributed by atoms with Gasteiger partial charge in [-0.05, 0) is 0 Å². The summed E-state index contributed by atoms with van der Waals surface area (Å²) in [7, 11) is 0. The summed E-state index contributed by atoms with van der Waals surface area (Å²) in [5.41, 5.74) is -1.12. The molecule has 2 rings (SSSR count). The number of H-pyrrole nitrogens is 1. The van der Waals surface area contributed by atoms with Crippen molar-refractivity contribution in [2.45, 2.75) is 24.9 Å². The van der Waals surface area contributed by atoms with E-state index < -0.39 is 29.7 Å². The molecular weight excluding hydrogens is 284 g/mol. The number of hydrogen-bond donors (Lipinski definition) is 4. The molecule has 0 unspecified atom stereocenters. The summed E-state index contributed by atoms with van der Waals surface area (Å²) in [4.78, 5) is 25.5. The van der Waals surface area contributed by atoms with E-state index in [0.29, 0.717) is 0 Å². The molecule has 0 amide bonds. The highest BCUT2D eigenvalue weighted by atomic mass is 32.1. The number of ether oxygens (including phenoxy) is 1. The average molecular weight is 298 g/mol. The molecular formula is C12H14N2O5S. The Balaban J connectivity index is 2.38. The third kappa shape index (κ3) is 2.96. The molecule has 1 saturated heterocycles. The molecule has 0 spiro atoms. The van der Waals surface area contributed by atoms with Gasteiger partial charge >= 0.3 is 5.69 Å². The van der Waals surface area contributed by atoms with E-state index in [0.717, 1.165) is 4.57 Å². The van der Waals surface area contributed by atoms with Crippen molar-refractivity contribution < 1.29 is 14.9 Å². The molecule has 7 nitrogen and oxygen atoms in total. The number of aromatic amines is 1. The monoisotopic (exact) mass is 298 g/mol. The summed E-state index contributed by atoms with van der Waals surface area (Å²) in [6.07, 6.45) is -0.921. The molecule has 3 N–H and O–H groups in total. The first kappa shape index (κ1) is 14.9. The van der Waals surface area contributed by atoms with Crippen LogP contribution in [0, 0.1) is 11.8 Å². The second-order valence-electron chi connectivity index (χ2n) is 4.28. The number of thiol groups is 1. The smallest absolute Gasteiger partial charge is 0.330 e. The van der Waals surface area contributed by atoms with Gasteiger partial charge in [0.05, 0.1) is 18.5 Å². The fraction of sp³-hybridized carbons (Fsp3) is 0.500. The van der Waals surface area contributed by atoms with E-state index in [1.807, 2.05) is 0 Å². The molecule has 0 aliphatic carbocycles. The predicted molar refractivity (Wildman–Crippen MR) is 73.7 cm³/mol. The molecule has 1 aliphatic heterocycles. The van der Waals surface area contributed by atoms with Crippen LogP contribution in [-0.2, 0) is 4.74 Å². The Morgan fingerprint density at radius 2 is 2.30 bits per heavy atom. The zero-order chi connectivity index (χ0) is 14.7. The fourth-order valence-electron chi connectivity index (χ4n) is 1.97. The van der Waals surface area contributed by atoms with Crippen LogP contribution in [0.3, 0.4) is 0 Å². The van der Waals surface area contributed by atoms with Gasteiger partial charge in [-0.2, -0.15) is 12.6 Å². The van der Waals surface area contributed by atoms with E-state index >= 15 is 0 Å². The highest BCUT2D eigenvalue weighted by molar-refractivity contribution is 7.80. The fourth-order valence-corrected chi connectivity index (χ4v) is 2.05. The van der Waals surface area contributed by atoms with Gasteiger partial charge in [-0.25, -0.2) is 4.79 Å². The van der Waals surface area contributed by atoms with Crippen molar-refractivity contribution in [3.05, 3.63) is 32.6 Å². The standard InChI is InChI=1S/C12H14N2O5S/c15-6-9-8(16)4-10(19-9)14-5-7(2-1-3-20)11(17)13-12(14)18/h5,8-10,15-16,20H,3-4,6H2,(H,13,17,18)/t8-,9+,10+/m0/s1. The zero-order valence-electron chi connectivity index (χ0n) is 10.4. The van der Waals surface area contributed by atoms with E-state index in [2.05, 4.69) is 29.5 Å². The Hall–Kier alpha value is -1.53. The second-order valence-corrected chi connectivity index (χ2v) is 4.60. The number of aliphatic hydroxyl groups excluding tert-OH is 2. The maximum Gasteiger partial charge on any atom is 0.330 e. The topological polar surface area (TPSA) is 105 Å². The van der Waals surface area contributed by atoms with E-state index in [4.69, 9.17) is 9.84 Å². The van der Waals surface area contributed by atoms with Crippen LogP contribution < -0.4 is 11.2 Å². The first-order valence-electron chi connectivity index (χ1n) is 5.96. The maximum atomic E-state index is 11.8. The van der Waals surface area contributed by atoms with Crippen molar-refractivity contribution in [1.82, 2.24) is 9.55 Å². The Bertz CT molecular complexity index is 656. The SMILES string of the molecule is O=c1[nH]c(=O)n([C@H]2C[C@H](O)[C@@H](CO)O2)cc1C#CCS. The molecule has 0 bridgehead atoms. The lowest BCUT2D eigenvalue weighted by Gasteiger charge is -2.14. The van der Waals surface area contributed by atoms with Crippen LogP contribution in [0.2, 0.25) is 0 Å². The highest BCUT2D eigenvalue weighted by Crippen LogP contribution is 2.27. The number of aromatic nitrogens is 2. The average Bonchev–Trinajstić information content (AvgIpc) is 2.79. The number of nitrogens with zero attached hydrogens (tertiary/aromatic N) is 1. The van der Waals surface area contributed by atoms with Gasteiger partial charge in [0.2, 0.25) is 0 Å². The van der Waals surface area contributed by atoms with Crippen molar-refractivity contribution >= 4 is 12.6 Å². The third-order valence-electron chi connectivity index (χ3n) is 2.96. The molecule has 1 aromatic heterocycles. The normalized spacial score (nSPS) is 25.2. The molecule has 1 aliphatic rings. The highest BCUT2D eigenvalue weighted by Gasteiger charge is 2.35. The number of rotatable bonds is 2. The summed E-state index contributed by atoms with van der Waals surface area (Å²) in [6.45, 7) is -0.345. The van der Waals surface area contributed by atoms with Gasteiger partial charge in [-0.15, -0.1) is 0 Å². The molecule has 0 radical (unpaired) electrons. The van der Waals surface area contributed by atoms with E-state index in [1.54, 1.807) is 0 Å². The van der Waals surface area contributed by atoms with Crippen LogP contribution in [0.4, 0.5) is 0 Å². The van der Waals surface area contributed by atoms with Crippen molar-refractivity contribution in [3.63, 3.8) is 0 Å².